The van der Waals surface area contributed by atoms with E-state index in [-0.39, 0.29) is 29.6 Å². The second-order valence-corrected chi connectivity index (χ2v) is 7.73. The zero-order valence-electron chi connectivity index (χ0n) is 17.3. The average molecular weight is 412 g/mol. The summed E-state index contributed by atoms with van der Waals surface area (Å²) in [5.74, 6) is 0.592. The zero-order chi connectivity index (χ0) is 21.3. The van der Waals surface area contributed by atoms with E-state index in [1.807, 2.05) is 24.3 Å². The Labute approximate surface area is 176 Å². The quantitative estimate of drug-likeness (QED) is 0.620. The van der Waals surface area contributed by atoms with E-state index in [0.717, 1.165) is 37.9 Å². The van der Waals surface area contributed by atoms with Crippen molar-refractivity contribution in [1.29, 1.82) is 0 Å². The molecule has 2 atom stereocenters. The van der Waals surface area contributed by atoms with Crippen LogP contribution in [-0.4, -0.2) is 41.1 Å². The van der Waals surface area contributed by atoms with Crippen LogP contribution in [0.5, 0.6) is 11.5 Å². The molecule has 0 aliphatic heterocycles. The van der Waals surface area contributed by atoms with Crippen molar-refractivity contribution in [3.63, 3.8) is 0 Å². The van der Waals surface area contributed by atoms with Crippen molar-refractivity contribution in [2.24, 2.45) is 0 Å². The van der Waals surface area contributed by atoms with E-state index in [4.69, 9.17) is 4.74 Å². The molecule has 1 aliphatic rings. The van der Waals surface area contributed by atoms with E-state index in [2.05, 4.69) is 15.6 Å². The Morgan fingerprint density at radius 2 is 1.87 bits per heavy atom. The summed E-state index contributed by atoms with van der Waals surface area (Å²) in [7, 11) is 1.64. The number of benzene rings is 1. The van der Waals surface area contributed by atoms with Gasteiger partial charge in [0.2, 0.25) is 5.91 Å². The number of rotatable bonds is 8. The Balaban J connectivity index is 1.40. The largest absolute Gasteiger partial charge is 0.506 e. The second-order valence-electron chi connectivity index (χ2n) is 7.73. The van der Waals surface area contributed by atoms with Crippen molar-refractivity contribution < 1.29 is 19.4 Å². The molecule has 2 unspecified atom stereocenters. The standard InChI is InChI=1S/C23H29N3O4/c1-30-21-10-8-16(9-11-21)4-2-7-22(28)25-18-5-3-6-19(13-18)26-23(29)17-12-20(27)15-24-14-17/h8-12,14-15,18-19,27H,2-7,13H2,1H3,(H,25,28)(H,26,29). The van der Waals surface area contributed by atoms with Crippen molar-refractivity contribution in [2.75, 3.05) is 7.11 Å². The van der Waals surface area contributed by atoms with Crippen LogP contribution >= 0.6 is 0 Å². The molecular weight excluding hydrogens is 382 g/mol. The Morgan fingerprint density at radius 3 is 2.57 bits per heavy atom. The van der Waals surface area contributed by atoms with Crippen LogP contribution in [0.4, 0.5) is 0 Å². The summed E-state index contributed by atoms with van der Waals surface area (Å²) < 4.78 is 5.15. The maximum Gasteiger partial charge on any atom is 0.253 e. The molecule has 0 radical (unpaired) electrons. The summed E-state index contributed by atoms with van der Waals surface area (Å²) in [4.78, 5) is 28.5. The van der Waals surface area contributed by atoms with Crippen LogP contribution in [0.2, 0.25) is 0 Å². The van der Waals surface area contributed by atoms with E-state index >= 15 is 0 Å². The van der Waals surface area contributed by atoms with Gasteiger partial charge >= 0.3 is 0 Å². The number of hydrogen-bond donors (Lipinski definition) is 3. The summed E-state index contributed by atoms with van der Waals surface area (Å²) in [6.45, 7) is 0. The first kappa shape index (κ1) is 21.6. The van der Waals surface area contributed by atoms with Crippen LogP contribution in [0.1, 0.15) is 54.4 Å². The van der Waals surface area contributed by atoms with Gasteiger partial charge in [-0.25, -0.2) is 0 Å². The van der Waals surface area contributed by atoms with Crippen LogP contribution in [0.25, 0.3) is 0 Å². The number of amides is 2. The molecule has 0 spiro atoms. The third-order valence-corrected chi connectivity index (χ3v) is 5.39. The fraction of sp³-hybridized carbons (Fsp3) is 0.435. The van der Waals surface area contributed by atoms with Gasteiger partial charge in [0.05, 0.1) is 18.9 Å². The van der Waals surface area contributed by atoms with Gasteiger partial charge < -0.3 is 20.5 Å². The van der Waals surface area contributed by atoms with E-state index in [0.29, 0.717) is 18.4 Å². The van der Waals surface area contributed by atoms with Crippen molar-refractivity contribution >= 4 is 11.8 Å². The Bertz CT molecular complexity index is 854. The van der Waals surface area contributed by atoms with Crippen molar-refractivity contribution in [2.45, 2.75) is 57.0 Å². The number of nitrogens with zero attached hydrogens (tertiary/aromatic N) is 1. The lowest BCUT2D eigenvalue weighted by molar-refractivity contribution is -0.122. The monoisotopic (exact) mass is 411 g/mol. The number of aromatic hydroxyl groups is 1. The van der Waals surface area contributed by atoms with Crippen molar-refractivity contribution in [3.05, 3.63) is 53.9 Å². The van der Waals surface area contributed by atoms with Crippen LogP contribution in [0, 0.1) is 0 Å². The van der Waals surface area contributed by atoms with Gasteiger partial charge in [0.1, 0.15) is 11.5 Å². The predicted octanol–water partition coefficient (Wildman–Crippen LogP) is 2.98. The fourth-order valence-corrected chi connectivity index (χ4v) is 3.82. The number of carbonyl (C=O) groups is 2. The van der Waals surface area contributed by atoms with E-state index in [9.17, 15) is 14.7 Å². The van der Waals surface area contributed by atoms with Crippen molar-refractivity contribution in [1.82, 2.24) is 15.6 Å². The van der Waals surface area contributed by atoms with E-state index in [1.165, 1.54) is 24.0 Å². The molecule has 7 heteroatoms. The number of hydrogen-bond acceptors (Lipinski definition) is 5. The highest BCUT2D eigenvalue weighted by molar-refractivity contribution is 5.94. The van der Waals surface area contributed by atoms with Crippen molar-refractivity contribution in [3.8, 4) is 11.5 Å². The van der Waals surface area contributed by atoms with Gasteiger partial charge in [-0.1, -0.05) is 12.1 Å². The fourth-order valence-electron chi connectivity index (χ4n) is 3.82. The molecule has 2 aromatic rings. The predicted molar refractivity (Wildman–Crippen MR) is 113 cm³/mol. The molecule has 0 bridgehead atoms. The summed E-state index contributed by atoms with van der Waals surface area (Å²) in [6, 6.07) is 9.36. The molecule has 1 aromatic carbocycles. The number of aromatic nitrogens is 1. The molecule has 1 heterocycles. The number of methoxy groups -OCH3 is 1. The Morgan fingerprint density at radius 1 is 1.13 bits per heavy atom. The summed E-state index contributed by atoms with van der Waals surface area (Å²) in [5, 5.41) is 15.6. The molecule has 1 aliphatic carbocycles. The number of pyridine rings is 1. The van der Waals surface area contributed by atoms with Gasteiger partial charge in [0.15, 0.2) is 0 Å². The molecule has 1 aromatic heterocycles. The molecule has 0 saturated heterocycles. The van der Waals surface area contributed by atoms with Gasteiger partial charge in [-0.2, -0.15) is 0 Å². The van der Waals surface area contributed by atoms with Crippen LogP contribution in [-0.2, 0) is 11.2 Å². The minimum atomic E-state index is -0.255. The molecule has 2 amide bonds. The van der Waals surface area contributed by atoms with Gasteiger partial charge in [-0.15, -0.1) is 0 Å². The lowest BCUT2D eigenvalue weighted by Gasteiger charge is -2.30. The third-order valence-electron chi connectivity index (χ3n) is 5.39. The van der Waals surface area contributed by atoms with Crippen LogP contribution in [0.3, 0.4) is 0 Å². The first-order valence-corrected chi connectivity index (χ1v) is 10.4. The van der Waals surface area contributed by atoms with Gasteiger partial charge in [-0.05, 0) is 62.3 Å². The zero-order valence-corrected chi connectivity index (χ0v) is 17.3. The van der Waals surface area contributed by atoms with Gasteiger partial charge in [0.25, 0.3) is 5.91 Å². The molecule has 160 valence electrons. The summed E-state index contributed by atoms with van der Waals surface area (Å²) in [5.41, 5.74) is 1.52. The molecule has 1 saturated carbocycles. The molecule has 30 heavy (non-hydrogen) atoms. The average Bonchev–Trinajstić information content (AvgIpc) is 2.74. The SMILES string of the molecule is COc1ccc(CCCC(=O)NC2CCCC(NC(=O)c3cncc(O)c3)C2)cc1. The van der Waals surface area contributed by atoms with E-state index < -0.39 is 0 Å². The van der Waals surface area contributed by atoms with Crippen LogP contribution < -0.4 is 15.4 Å². The maximum atomic E-state index is 12.4. The topological polar surface area (TPSA) is 101 Å². The Kier molecular flexibility index (Phi) is 7.65. The molecule has 1 fully saturated rings. The summed E-state index contributed by atoms with van der Waals surface area (Å²) in [6.07, 6.45) is 8.29. The first-order valence-electron chi connectivity index (χ1n) is 10.4. The highest BCUT2D eigenvalue weighted by Gasteiger charge is 2.24. The number of ether oxygens (including phenoxy) is 1. The first-order chi connectivity index (χ1) is 14.5. The maximum absolute atomic E-state index is 12.4. The van der Waals surface area contributed by atoms with Gasteiger partial charge in [-0.3, -0.25) is 14.6 Å². The minimum Gasteiger partial charge on any atom is -0.506 e. The third kappa shape index (κ3) is 6.47. The lowest BCUT2D eigenvalue weighted by Crippen LogP contribution is -2.45. The number of aryl methyl sites for hydroxylation is 1. The molecular formula is C23H29N3O4. The number of nitrogens with one attached hydrogen (secondary N) is 2. The van der Waals surface area contributed by atoms with E-state index in [1.54, 1.807) is 7.11 Å². The minimum absolute atomic E-state index is 0.00167. The lowest BCUT2D eigenvalue weighted by atomic mass is 9.90. The molecule has 3 rings (SSSR count). The normalized spacial score (nSPS) is 18.4. The number of carbonyl (C=O) groups excluding carboxylic acids is 2. The molecule has 3 N–H and O–H groups in total. The Hall–Kier alpha value is -3.09. The second kappa shape index (κ2) is 10.6. The smallest absolute Gasteiger partial charge is 0.253 e. The van der Waals surface area contributed by atoms with Gasteiger partial charge in [0, 0.05) is 24.7 Å². The summed E-state index contributed by atoms with van der Waals surface area (Å²) >= 11 is 0. The highest BCUT2D eigenvalue weighted by atomic mass is 16.5. The van der Waals surface area contributed by atoms with Crippen LogP contribution in [0.15, 0.2) is 42.7 Å². The molecule has 7 nitrogen and oxygen atoms in total. The highest BCUT2D eigenvalue weighted by Crippen LogP contribution is 2.20.